The normalized spacial score (nSPS) is 44.1. The molecule has 6 atom stereocenters. The summed E-state index contributed by atoms with van der Waals surface area (Å²) in [5.41, 5.74) is -0.158. The Morgan fingerprint density at radius 1 is 1.11 bits per heavy atom. The lowest BCUT2D eigenvalue weighted by Gasteiger charge is -2.56. The average molecular weight is 395 g/mol. The van der Waals surface area contributed by atoms with E-state index in [0.29, 0.717) is 42.6 Å². The molecule has 0 aromatic rings. The second kappa shape index (κ2) is 8.22. The molecule has 5 heteroatoms. The van der Waals surface area contributed by atoms with E-state index in [1.807, 2.05) is 0 Å². The molecular formula is C23H39FN2O2. The molecule has 0 aromatic heterocycles. The first-order valence-corrected chi connectivity index (χ1v) is 11.7. The lowest BCUT2D eigenvalue weighted by Crippen LogP contribution is -2.60. The number of halogens is 1. The molecule has 4 aliphatic rings. The maximum atomic E-state index is 13.4. The van der Waals surface area contributed by atoms with E-state index in [0.717, 1.165) is 45.2 Å². The number of piperidine rings is 1. The zero-order chi connectivity index (χ0) is 19.9. The number of carbonyl (C=O) groups excluding carboxylic acids is 1. The van der Waals surface area contributed by atoms with E-state index in [4.69, 9.17) is 4.74 Å². The topological polar surface area (TPSA) is 50.4 Å². The molecule has 2 heterocycles. The van der Waals surface area contributed by atoms with Crippen LogP contribution in [0.3, 0.4) is 0 Å². The second-order valence-corrected chi connectivity index (χ2v) is 10.5. The molecule has 2 N–H and O–H groups in total. The zero-order valence-corrected chi connectivity index (χ0v) is 17.9. The van der Waals surface area contributed by atoms with Gasteiger partial charge >= 0.3 is 0 Å². The van der Waals surface area contributed by atoms with Gasteiger partial charge in [0.2, 0.25) is 5.91 Å². The van der Waals surface area contributed by atoms with Crippen LogP contribution in [0.25, 0.3) is 0 Å². The lowest BCUT2D eigenvalue weighted by molar-refractivity contribution is -0.212. The fourth-order valence-electron chi connectivity index (χ4n) is 6.73. The number of fused-ring (bicyclic) bond motifs is 3. The summed E-state index contributed by atoms with van der Waals surface area (Å²) in [6, 6.07) is 0.155. The van der Waals surface area contributed by atoms with Crippen LogP contribution >= 0.6 is 0 Å². The van der Waals surface area contributed by atoms with Crippen molar-refractivity contribution >= 4 is 5.91 Å². The molecule has 2 aliphatic heterocycles. The number of alkyl halides is 1. The van der Waals surface area contributed by atoms with Crippen molar-refractivity contribution in [1.29, 1.82) is 0 Å². The van der Waals surface area contributed by atoms with Gasteiger partial charge < -0.3 is 15.4 Å². The Bertz CT molecular complexity index is 561. The van der Waals surface area contributed by atoms with Crippen LogP contribution in [-0.4, -0.2) is 42.9 Å². The van der Waals surface area contributed by atoms with Crippen molar-refractivity contribution in [3.05, 3.63) is 0 Å². The quantitative estimate of drug-likeness (QED) is 0.765. The predicted octanol–water partition coefficient (Wildman–Crippen LogP) is 3.84. The van der Waals surface area contributed by atoms with Crippen LogP contribution in [0.5, 0.6) is 0 Å². The summed E-state index contributed by atoms with van der Waals surface area (Å²) in [5, 5.41) is 6.79. The molecule has 2 saturated heterocycles. The molecule has 1 amide bonds. The highest BCUT2D eigenvalue weighted by atomic mass is 19.1. The maximum Gasteiger partial charge on any atom is 0.223 e. The van der Waals surface area contributed by atoms with Gasteiger partial charge in [-0.2, -0.15) is 0 Å². The third-order valence-electron chi connectivity index (χ3n) is 8.43. The molecule has 28 heavy (non-hydrogen) atoms. The van der Waals surface area contributed by atoms with Gasteiger partial charge in [-0.3, -0.25) is 4.79 Å². The van der Waals surface area contributed by atoms with Gasteiger partial charge in [-0.1, -0.05) is 0 Å². The Balaban J connectivity index is 1.36. The molecule has 160 valence electrons. The van der Waals surface area contributed by atoms with E-state index < -0.39 is 6.17 Å². The summed E-state index contributed by atoms with van der Waals surface area (Å²) in [6.45, 7) is 8.64. The first kappa shape index (κ1) is 20.6. The Labute approximate surface area is 169 Å². The highest BCUT2D eigenvalue weighted by molar-refractivity contribution is 5.79. The van der Waals surface area contributed by atoms with Gasteiger partial charge in [0.05, 0.1) is 11.7 Å². The Hall–Kier alpha value is -0.680. The molecular weight excluding hydrogens is 355 g/mol. The van der Waals surface area contributed by atoms with Crippen molar-refractivity contribution in [2.24, 2.45) is 29.6 Å². The standard InChI is InChI=1S/C23H39FN2O2/c1-14(15-4-7-17(24)8-5-15)26-22(27)16-6-9-18-19-10-11-25-13-21(19)28-23(2,3)20(18)12-16/h14-21,25H,4-13H2,1-3H3,(H,26,27). The van der Waals surface area contributed by atoms with Crippen molar-refractivity contribution in [3.8, 4) is 0 Å². The minimum absolute atomic E-state index is 0.0994. The predicted molar refractivity (Wildman–Crippen MR) is 109 cm³/mol. The summed E-state index contributed by atoms with van der Waals surface area (Å²) in [5.74, 6) is 2.56. The summed E-state index contributed by atoms with van der Waals surface area (Å²) >= 11 is 0. The van der Waals surface area contributed by atoms with Gasteiger partial charge in [0.25, 0.3) is 0 Å². The van der Waals surface area contributed by atoms with Crippen molar-refractivity contribution in [1.82, 2.24) is 10.6 Å². The number of nitrogens with one attached hydrogen (secondary N) is 2. The van der Waals surface area contributed by atoms with Crippen molar-refractivity contribution in [3.63, 3.8) is 0 Å². The third-order valence-corrected chi connectivity index (χ3v) is 8.43. The van der Waals surface area contributed by atoms with Gasteiger partial charge in [0.1, 0.15) is 6.17 Å². The fourth-order valence-corrected chi connectivity index (χ4v) is 6.73. The van der Waals surface area contributed by atoms with E-state index in [9.17, 15) is 9.18 Å². The zero-order valence-electron chi connectivity index (χ0n) is 17.9. The molecule has 0 aromatic carbocycles. The van der Waals surface area contributed by atoms with E-state index in [2.05, 4.69) is 31.4 Å². The van der Waals surface area contributed by atoms with Crippen LogP contribution in [0.2, 0.25) is 0 Å². The van der Waals surface area contributed by atoms with Crippen molar-refractivity contribution in [2.45, 2.75) is 96.1 Å². The van der Waals surface area contributed by atoms with Crippen LogP contribution < -0.4 is 10.6 Å². The third kappa shape index (κ3) is 4.12. The van der Waals surface area contributed by atoms with Crippen LogP contribution in [0.4, 0.5) is 4.39 Å². The minimum Gasteiger partial charge on any atom is -0.370 e. The molecule has 0 spiro atoms. The van der Waals surface area contributed by atoms with Gasteiger partial charge in [-0.25, -0.2) is 4.39 Å². The van der Waals surface area contributed by atoms with Gasteiger partial charge in [-0.15, -0.1) is 0 Å². The summed E-state index contributed by atoms with van der Waals surface area (Å²) in [6.07, 6.45) is 7.11. The number of hydrogen-bond acceptors (Lipinski definition) is 3. The number of carbonyl (C=O) groups is 1. The van der Waals surface area contributed by atoms with E-state index in [1.165, 1.54) is 6.42 Å². The largest absolute Gasteiger partial charge is 0.370 e. The smallest absolute Gasteiger partial charge is 0.223 e. The molecule has 0 bridgehead atoms. The van der Waals surface area contributed by atoms with Crippen molar-refractivity contribution < 1.29 is 13.9 Å². The second-order valence-electron chi connectivity index (χ2n) is 10.5. The molecule has 4 fully saturated rings. The molecule has 0 radical (unpaired) electrons. The molecule has 4 nitrogen and oxygen atoms in total. The highest BCUT2D eigenvalue weighted by Gasteiger charge is 2.52. The Morgan fingerprint density at radius 3 is 2.61 bits per heavy atom. The van der Waals surface area contributed by atoms with Crippen molar-refractivity contribution in [2.75, 3.05) is 13.1 Å². The van der Waals surface area contributed by atoms with Crippen LogP contribution in [0, 0.1) is 29.6 Å². The molecule has 4 rings (SSSR count). The Morgan fingerprint density at radius 2 is 1.86 bits per heavy atom. The molecule has 2 aliphatic carbocycles. The van der Waals surface area contributed by atoms with Gasteiger partial charge in [-0.05, 0) is 102 Å². The van der Waals surface area contributed by atoms with E-state index >= 15 is 0 Å². The van der Waals surface area contributed by atoms with Crippen LogP contribution in [0.15, 0.2) is 0 Å². The van der Waals surface area contributed by atoms with Gasteiger partial charge in [0.15, 0.2) is 0 Å². The summed E-state index contributed by atoms with van der Waals surface area (Å²) in [7, 11) is 0. The number of amides is 1. The first-order valence-electron chi connectivity index (χ1n) is 11.7. The van der Waals surface area contributed by atoms with Crippen LogP contribution in [0.1, 0.15) is 72.1 Å². The number of rotatable bonds is 3. The number of hydrogen-bond donors (Lipinski definition) is 2. The summed E-state index contributed by atoms with van der Waals surface area (Å²) < 4.78 is 20.0. The van der Waals surface area contributed by atoms with Crippen LogP contribution in [-0.2, 0) is 9.53 Å². The first-order chi connectivity index (χ1) is 13.3. The minimum atomic E-state index is -0.637. The molecule has 2 saturated carbocycles. The highest BCUT2D eigenvalue weighted by Crippen LogP contribution is 2.51. The Kier molecular flexibility index (Phi) is 6.04. The molecule has 6 unspecified atom stereocenters. The van der Waals surface area contributed by atoms with E-state index in [-0.39, 0.29) is 23.5 Å². The summed E-state index contributed by atoms with van der Waals surface area (Å²) in [4.78, 5) is 13.0. The average Bonchev–Trinajstić information content (AvgIpc) is 2.68. The fraction of sp³-hybridized carbons (Fsp3) is 0.957. The van der Waals surface area contributed by atoms with Gasteiger partial charge in [0, 0.05) is 18.5 Å². The lowest BCUT2D eigenvalue weighted by atomic mass is 9.59. The van der Waals surface area contributed by atoms with E-state index in [1.54, 1.807) is 0 Å². The monoisotopic (exact) mass is 394 g/mol. The SMILES string of the molecule is CC(NC(=O)C1CCC2C3CCNCC3OC(C)(C)C2C1)C1CCC(F)CC1. The maximum absolute atomic E-state index is 13.4. The number of ether oxygens (including phenoxy) is 1.